The highest BCUT2D eigenvalue weighted by atomic mass is 16.2. The molecule has 82 valence electrons. The van der Waals surface area contributed by atoms with E-state index in [4.69, 9.17) is 0 Å². The molecule has 0 atom stereocenters. The third kappa shape index (κ3) is 2.56. The Kier molecular flexibility index (Phi) is 3.01. The van der Waals surface area contributed by atoms with E-state index in [9.17, 15) is 4.79 Å². The lowest BCUT2D eigenvalue weighted by Crippen LogP contribution is -2.44. The van der Waals surface area contributed by atoms with E-state index in [2.05, 4.69) is 15.3 Å². The molecule has 1 saturated heterocycles. The second-order valence-corrected chi connectivity index (χ2v) is 4.01. The molecule has 1 fully saturated rings. The van der Waals surface area contributed by atoms with E-state index >= 15 is 0 Å². The summed E-state index contributed by atoms with van der Waals surface area (Å²) in [5, 5.41) is 3.16. The van der Waals surface area contributed by atoms with Crippen LogP contribution in [-0.4, -0.2) is 40.9 Å². The number of H-pyrrole nitrogens is 1. The Labute approximate surface area is 88.9 Å². The molecule has 0 unspecified atom stereocenters. The smallest absolute Gasteiger partial charge is 0.223 e. The van der Waals surface area contributed by atoms with Crippen molar-refractivity contribution in [3.8, 4) is 0 Å². The van der Waals surface area contributed by atoms with Gasteiger partial charge in [-0.25, -0.2) is 4.98 Å². The standard InChI is InChI=1S/C10H16N4O/c1-14(7-9-12-2-3-13-9)10(15)4-8-5-11-6-8/h2-3,8,11H,4-7H2,1H3,(H,12,13). The van der Waals surface area contributed by atoms with Crippen molar-refractivity contribution in [2.75, 3.05) is 20.1 Å². The Morgan fingerprint density at radius 1 is 1.67 bits per heavy atom. The fourth-order valence-corrected chi connectivity index (χ4v) is 1.59. The van der Waals surface area contributed by atoms with E-state index < -0.39 is 0 Å². The van der Waals surface area contributed by atoms with Gasteiger partial charge in [-0.3, -0.25) is 4.79 Å². The van der Waals surface area contributed by atoms with Gasteiger partial charge in [0, 0.05) is 25.9 Å². The maximum atomic E-state index is 11.7. The molecule has 0 bridgehead atoms. The highest BCUT2D eigenvalue weighted by molar-refractivity contribution is 5.76. The summed E-state index contributed by atoms with van der Waals surface area (Å²) in [5.41, 5.74) is 0. The third-order valence-corrected chi connectivity index (χ3v) is 2.70. The number of aromatic amines is 1. The minimum atomic E-state index is 0.193. The average Bonchev–Trinajstić information content (AvgIpc) is 2.63. The van der Waals surface area contributed by atoms with Gasteiger partial charge in [0.25, 0.3) is 0 Å². The van der Waals surface area contributed by atoms with Gasteiger partial charge in [0.05, 0.1) is 6.54 Å². The Morgan fingerprint density at radius 3 is 3.00 bits per heavy atom. The van der Waals surface area contributed by atoms with E-state index in [0.29, 0.717) is 18.9 Å². The number of carbonyl (C=O) groups excluding carboxylic acids is 1. The number of aromatic nitrogens is 2. The van der Waals surface area contributed by atoms with Crippen molar-refractivity contribution in [1.29, 1.82) is 0 Å². The van der Waals surface area contributed by atoms with E-state index in [1.165, 1.54) is 0 Å². The topological polar surface area (TPSA) is 61.0 Å². The van der Waals surface area contributed by atoms with Crippen molar-refractivity contribution in [2.24, 2.45) is 5.92 Å². The molecule has 5 nitrogen and oxygen atoms in total. The second-order valence-electron chi connectivity index (χ2n) is 4.01. The van der Waals surface area contributed by atoms with Gasteiger partial charge in [0.15, 0.2) is 0 Å². The van der Waals surface area contributed by atoms with Crippen LogP contribution in [0.4, 0.5) is 0 Å². The first-order valence-electron chi connectivity index (χ1n) is 5.18. The number of rotatable bonds is 4. The van der Waals surface area contributed by atoms with Crippen molar-refractivity contribution in [3.05, 3.63) is 18.2 Å². The maximum absolute atomic E-state index is 11.7. The van der Waals surface area contributed by atoms with Crippen LogP contribution in [0.3, 0.4) is 0 Å². The molecule has 0 saturated carbocycles. The zero-order valence-corrected chi connectivity index (χ0v) is 8.86. The average molecular weight is 208 g/mol. The molecular weight excluding hydrogens is 192 g/mol. The SMILES string of the molecule is CN(Cc1ncc[nH]1)C(=O)CC1CNC1. The fraction of sp³-hybridized carbons (Fsp3) is 0.600. The summed E-state index contributed by atoms with van der Waals surface area (Å²) in [6.45, 7) is 2.51. The maximum Gasteiger partial charge on any atom is 0.223 e. The number of nitrogens with one attached hydrogen (secondary N) is 2. The first kappa shape index (κ1) is 10.2. The van der Waals surface area contributed by atoms with Crippen LogP contribution in [0.15, 0.2) is 12.4 Å². The summed E-state index contributed by atoms with van der Waals surface area (Å²) >= 11 is 0. The Balaban J connectivity index is 1.79. The lowest BCUT2D eigenvalue weighted by Gasteiger charge is -2.28. The molecule has 0 radical (unpaired) electrons. The van der Waals surface area contributed by atoms with Gasteiger partial charge in [-0.05, 0) is 19.0 Å². The lowest BCUT2D eigenvalue weighted by atomic mass is 9.99. The van der Waals surface area contributed by atoms with Crippen LogP contribution < -0.4 is 5.32 Å². The zero-order valence-electron chi connectivity index (χ0n) is 8.86. The first-order valence-corrected chi connectivity index (χ1v) is 5.18. The predicted octanol–water partition coefficient (Wildman–Crippen LogP) is -0.0224. The number of nitrogens with zero attached hydrogens (tertiary/aromatic N) is 2. The van der Waals surface area contributed by atoms with Crippen LogP contribution >= 0.6 is 0 Å². The number of carbonyl (C=O) groups is 1. The normalized spacial score (nSPS) is 16.1. The van der Waals surface area contributed by atoms with Gasteiger partial charge in [-0.2, -0.15) is 0 Å². The zero-order chi connectivity index (χ0) is 10.7. The Morgan fingerprint density at radius 2 is 2.47 bits per heavy atom. The van der Waals surface area contributed by atoms with Gasteiger partial charge in [0.1, 0.15) is 5.82 Å². The minimum Gasteiger partial charge on any atom is -0.347 e. The Hall–Kier alpha value is -1.36. The van der Waals surface area contributed by atoms with Gasteiger partial charge in [0.2, 0.25) is 5.91 Å². The molecule has 1 aromatic rings. The molecule has 1 amide bonds. The van der Waals surface area contributed by atoms with Crippen molar-refractivity contribution >= 4 is 5.91 Å². The summed E-state index contributed by atoms with van der Waals surface area (Å²) in [5.74, 6) is 1.55. The molecule has 0 aliphatic carbocycles. The van der Waals surface area contributed by atoms with Crippen molar-refractivity contribution in [2.45, 2.75) is 13.0 Å². The highest BCUT2D eigenvalue weighted by Gasteiger charge is 2.22. The fourth-order valence-electron chi connectivity index (χ4n) is 1.59. The summed E-state index contributed by atoms with van der Waals surface area (Å²) in [6, 6.07) is 0. The van der Waals surface area contributed by atoms with Crippen molar-refractivity contribution in [3.63, 3.8) is 0 Å². The van der Waals surface area contributed by atoms with E-state index in [1.54, 1.807) is 17.3 Å². The summed E-state index contributed by atoms with van der Waals surface area (Å²) in [4.78, 5) is 20.5. The summed E-state index contributed by atoms with van der Waals surface area (Å²) in [6.07, 6.45) is 4.11. The van der Waals surface area contributed by atoms with Crippen LogP contribution in [0.1, 0.15) is 12.2 Å². The number of amides is 1. The number of hydrogen-bond donors (Lipinski definition) is 2. The molecule has 0 spiro atoms. The van der Waals surface area contributed by atoms with Crippen LogP contribution in [-0.2, 0) is 11.3 Å². The third-order valence-electron chi connectivity index (χ3n) is 2.70. The van der Waals surface area contributed by atoms with Crippen molar-refractivity contribution in [1.82, 2.24) is 20.2 Å². The van der Waals surface area contributed by atoms with Crippen LogP contribution in [0.2, 0.25) is 0 Å². The first-order chi connectivity index (χ1) is 7.25. The number of hydrogen-bond acceptors (Lipinski definition) is 3. The predicted molar refractivity (Wildman–Crippen MR) is 56.0 cm³/mol. The lowest BCUT2D eigenvalue weighted by molar-refractivity contribution is -0.131. The van der Waals surface area contributed by atoms with Gasteiger partial charge < -0.3 is 15.2 Å². The summed E-state index contributed by atoms with van der Waals surface area (Å²) in [7, 11) is 1.82. The molecule has 2 rings (SSSR count). The molecular formula is C10H16N4O. The quantitative estimate of drug-likeness (QED) is 0.731. The molecule has 5 heteroatoms. The molecule has 2 heterocycles. The van der Waals surface area contributed by atoms with Crippen molar-refractivity contribution < 1.29 is 4.79 Å². The minimum absolute atomic E-state index is 0.193. The van der Waals surface area contributed by atoms with E-state index in [0.717, 1.165) is 18.9 Å². The van der Waals surface area contributed by atoms with Gasteiger partial charge in [-0.1, -0.05) is 0 Å². The highest BCUT2D eigenvalue weighted by Crippen LogP contribution is 2.10. The summed E-state index contributed by atoms with van der Waals surface area (Å²) < 4.78 is 0. The Bertz CT molecular complexity index is 318. The molecule has 1 aliphatic heterocycles. The van der Waals surface area contributed by atoms with Crippen LogP contribution in [0.5, 0.6) is 0 Å². The monoisotopic (exact) mass is 208 g/mol. The van der Waals surface area contributed by atoms with Crippen LogP contribution in [0.25, 0.3) is 0 Å². The van der Waals surface area contributed by atoms with E-state index in [-0.39, 0.29) is 5.91 Å². The molecule has 2 N–H and O–H groups in total. The number of imidazole rings is 1. The molecule has 1 aromatic heterocycles. The van der Waals surface area contributed by atoms with Crippen LogP contribution in [0, 0.1) is 5.92 Å². The second kappa shape index (κ2) is 4.44. The van der Waals surface area contributed by atoms with Gasteiger partial charge in [-0.15, -0.1) is 0 Å². The largest absolute Gasteiger partial charge is 0.347 e. The van der Waals surface area contributed by atoms with E-state index in [1.807, 2.05) is 7.05 Å². The van der Waals surface area contributed by atoms with Gasteiger partial charge >= 0.3 is 0 Å². The molecule has 1 aliphatic rings. The molecule has 15 heavy (non-hydrogen) atoms. The molecule has 0 aromatic carbocycles.